The third-order valence-corrected chi connectivity index (χ3v) is 4.31. The average Bonchev–Trinajstić information content (AvgIpc) is 2.44. The van der Waals surface area contributed by atoms with Crippen LogP contribution in [0.1, 0.15) is 11.3 Å². The van der Waals surface area contributed by atoms with E-state index in [4.69, 9.17) is 0 Å². The molecular formula is C14H16FN3O2S. The number of hydrogen-bond acceptors (Lipinski definition) is 4. The van der Waals surface area contributed by atoms with Crippen molar-refractivity contribution in [2.24, 2.45) is 0 Å². The van der Waals surface area contributed by atoms with Gasteiger partial charge >= 0.3 is 0 Å². The molecule has 0 aliphatic carbocycles. The van der Waals surface area contributed by atoms with Crippen LogP contribution in [0, 0.1) is 12.7 Å². The molecule has 0 atom stereocenters. The molecule has 0 unspecified atom stereocenters. The van der Waals surface area contributed by atoms with Crippen molar-refractivity contribution in [3.05, 3.63) is 53.6 Å². The van der Waals surface area contributed by atoms with E-state index in [2.05, 4.69) is 15.0 Å². The predicted molar refractivity (Wildman–Crippen MR) is 78.9 cm³/mol. The van der Waals surface area contributed by atoms with Crippen LogP contribution < -0.4 is 10.0 Å². The SMILES string of the molecule is CNCc1cc(S(=O)(=O)Nc2cccnc2C)ccc1F. The van der Waals surface area contributed by atoms with E-state index in [1.54, 1.807) is 32.3 Å². The number of anilines is 1. The first-order chi connectivity index (χ1) is 9.94. The lowest BCUT2D eigenvalue weighted by atomic mass is 10.2. The van der Waals surface area contributed by atoms with Gasteiger partial charge in [0.25, 0.3) is 10.0 Å². The highest BCUT2D eigenvalue weighted by molar-refractivity contribution is 7.92. The molecule has 1 heterocycles. The molecule has 1 aromatic heterocycles. The molecule has 5 nitrogen and oxygen atoms in total. The molecule has 0 fully saturated rings. The Morgan fingerprint density at radius 3 is 2.71 bits per heavy atom. The quantitative estimate of drug-likeness (QED) is 0.887. The Labute approximate surface area is 123 Å². The molecule has 112 valence electrons. The van der Waals surface area contributed by atoms with Crippen LogP contribution in [-0.2, 0) is 16.6 Å². The summed E-state index contributed by atoms with van der Waals surface area (Å²) in [6, 6.07) is 6.97. The lowest BCUT2D eigenvalue weighted by molar-refractivity contribution is 0.591. The van der Waals surface area contributed by atoms with Gasteiger partial charge in [-0.15, -0.1) is 0 Å². The van der Waals surface area contributed by atoms with Gasteiger partial charge < -0.3 is 5.32 Å². The Morgan fingerprint density at radius 1 is 1.29 bits per heavy atom. The van der Waals surface area contributed by atoms with Crippen LogP contribution in [0.4, 0.5) is 10.1 Å². The Bertz CT molecular complexity index is 748. The first kappa shape index (κ1) is 15.4. The van der Waals surface area contributed by atoms with Gasteiger partial charge in [0.05, 0.1) is 16.3 Å². The minimum atomic E-state index is -3.78. The molecule has 0 aliphatic rings. The van der Waals surface area contributed by atoms with Gasteiger partial charge in [-0.2, -0.15) is 0 Å². The van der Waals surface area contributed by atoms with E-state index < -0.39 is 15.8 Å². The Hall–Kier alpha value is -1.99. The van der Waals surface area contributed by atoms with Crippen LogP contribution in [0.2, 0.25) is 0 Å². The van der Waals surface area contributed by atoms with Gasteiger partial charge in [0.15, 0.2) is 0 Å². The molecule has 1 aromatic carbocycles. The van der Waals surface area contributed by atoms with Gasteiger partial charge in [0.2, 0.25) is 0 Å². The van der Waals surface area contributed by atoms with Crippen LogP contribution >= 0.6 is 0 Å². The number of hydrogen-bond donors (Lipinski definition) is 2. The molecular weight excluding hydrogens is 293 g/mol. The summed E-state index contributed by atoms with van der Waals surface area (Å²) in [5.41, 5.74) is 1.26. The summed E-state index contributed by atoms with van der Waals surface area (Å²) >= 11 is 0. The fourth-order valence-electron chi connectivity index (χ4n) is 1.84. The second kappa shape index (κ2) is 6.19. The van der Waals surface area contributed by atoms with E-state index in [1.165, 1.54) is 12.1 Å². The molecule has 21 heavy (non-hydrogen) atoms. The Morgan fingerprint density at radius 2 is 2.05 bits per heavy atom. The molecule has 2 aromatic rings. The highest BCUT2D eigenvalue weighted by Gasteiger charge is 2.17. The minimum absolute atomic E-state index is 0.0115. The summed E-state index contributed by atoms with van der Waals surface area (Å²) in [5.74, 6) is -0.444. The number of halogens is 1. The van der Waals surface area contributed by atoms with Crippen LogP contribution in [0.25, 0.3) is 0 Å². The smallest absolute Gasteiger partial charge is 0.261 e. The van der Waals surface area contributed by atoms with E-state index >= 15 is 0 Å². The number of rotatable bonds is 5. The summed E-state index contributed by atoms with van der Waals surface area (Å²) in [6.07, 6.45) is 1.58. The first-order valence-electron chi connectivity index (χ1n) is 6.31. The maximum absolute atomic E-state index is 13.6. The topological polar surface area (TPSA) is 71.1 Å². The summed E-state index contributed by atoms with van der Waals surface area (Å²) < 4.78 is 40.7. The Balaban J connectivity index is 2.36. The zero-order chi connectivity index (χ0) is 15.5. The van der Waals surface area contributed by atoms with Crippen LogP contribution in [0.15, 0.2) is 41.4 Å². The van der Waals surface area contributed by atoms with Crippen molar-refractivity contribution in [1.29, 1.82) is 0 Å². The van der Waals surface area contributed by atoms with Crippen molar-refractivity contribution < 1.29 is 12.8 Å². The lowest BCUT2D eigenvalue weighted by Crippen LogP contribution is -2.15. The second-order valence-corrected chi connectivity index (χ2v) is 6.21. The largest absolute Gasteiger partial charge is 0.316 e. The van der Waals surface area contributed by atoms with Gasteiger partial charge in [0, 0.05) is 18.3 Å². The summed E-state index contributed by atoms with van der Waals surface area (Å²) in [6.45, 7) is 1.95. The Kier molecular flexibility index (Phi) is 4.54. The van der Waals surface area contributed by atoms with E-state index in [0.717, 1.165) is 6.07 Å². The van der Waals surface area contributed by atoms with Gasteiger partial charge in [-0.05, 0) is 44.3 Å². The first-order valence-corrected chi connectivity index (χ1v) is 7.80. The molecule has 2 rings (SSSR count). The van der Waals surface area contributed by atoms with Gasteiger partial charge in [-0.3, -0.25) is 9.71 Å². The fourth-order valence-corrected chi connectivity index (χ4v) is 3.01. The van der Waals surface area contributed by atoms with E-state index in [9.17, 15) is 12.8 Å². The minimum Gasteiger partial charge on any atom is -0.316 e. The lowest BCUT2D eigenvalue weighted by Gasteiger charge is -2.11. The predicted octanol–water partition coefficient (Wildman–Crippen LogP) is 2.05. The van der Waals surface area contributed by atoms with Crippen molar-refractivity contribution in [3.8, 4) is 0 Å². The normalized spacial score (nSPS) is 11.4. The number of nitrogens with zero attached hydrogens (tertiary/aromatic N) is 1. The van der Waals surface area contributed by atoms with Crippen molar-refractivity contribution in [1.82, 2.24) is 10.3 Å². The highest BCUT2D eigenvalue weighted by atomic mass is 32.2. The van der Waals surface area contributed by atoms with Crippen molar-refractivity contribution in [2.45, 2.75) is 18.4 Å². The third-order valence-electron chi connectivity index (χ3n) is 2.95. The number of aryl methyl sites for hydroxylation is 1. The van der Waals surface area contributed by atoms with Gasteiger partial charge in [0.1, 0.15) is 5.82 Å². The standard InChI is InChI=1S/C14H16FN3O2S/c1-10-14(4-3-7-17-10)18-21(19,20)12-5-6-13(15)11(8-12)9-16-2/h3-8,16,18H,9H2,1-2H3. The average molecular weight is 309 g/mol. The number of aromatic nitrogens is 1. The number of benzene rings is 1. The second-order valence-electron chi connectivity index (χ2n) is 4.53. The van der Waals surface area contributed by atoms with Crippen molar-refractivity contribution in [2.75, 3.05) is 11.8 Å². The van der Waals surface area contributed by atoms with Crippen molar-refractivity contribution in [3.63, 3.8) is 0 Å². The maximum atomic E-state index is 13.6. The number of pyridine rings is 1. The maximum Gasteiger partial charge on any atom is 0.261 e. The molecule has 2 N–H and O–H groups in total. The van der Waals surface area contributed by atoms with Crippen molar-refractivity contribution >= 4 is 15.7 Å². The zero-order valence-electron chi connectivity index (χ0n) is 11.7. The summed E-state index contributed by atoms with van der Waals surface area (Å²) in [4.78, 5) is 4.03. The number of nitrogens with one attached hydrogen (secondary N) is 2. The third kappa shape index (κ3) is 3.56. The zero-order valence-corrected chi connectivity index (χ0v) is 12.5. The van der Waals surface area contributed by atoms with E-state index in [1.807, 2.05) is 0 Å². The molecule has 0 radical (unpaired) electrons. The molecule has 0 saturated heterocycles. The van der Waals surface area contributed by atoms with E-state index in [0.29, 0.717) is 16.9 Å². The fraction of sp³-hybridized carbons (Fsp3) is 0.214. The van der Waals surface area contributed by atoms with Crippen LogP contribution in [0.5, 0.6) is 0 Å². The monoisotopic (exact) mass is 309 g/mol. The molecule has 0 aliphatic heterocycles. The van der Waals surface area contributed by atoms with Crippen LogP contribution in [0.3, 0.4) is 0 Å². The molecule has 0 saturated carbocycles. The van der Waals surface area contributed by atoms with E-state index in [-0.39, 0.29) is 11.4 Å². The summed E-state index contributed by atoms with van der Waals surface area (Å²) in [7, 11) is -2.11. The molecule has 0 spiro atoms. The van der Waals surface area contributed by atoms with Gasteiger partial charge in [-0.1, -0.05) is 0 Å². The molecule has 7 heteroatoms. The molecule has 0 amide bonds. The summed E-state index contributed by atoms with van der Waals surface area (Å²) in [5, 5.41) is 2.80. The molecule has 0 bridgehead atoms. The highest BCUT2D eigenvalue weighted by Crippen LogP contribution is 2.20. The van der Waals surface area contributed by atoms with Crippen LogP contribution in [-0.4, -0.2) is 20.4 Å². The van der Waals surface area contributed by atoms with Gasteiger partial charge in [-0.25, -0.2) is 12.8 Å². The number of sulfonamides is 1.